The molecule has 192 valence electrons. The van der Waals surface area contributed by atoms with Crippen LogP contribution in [0.15, 0.2) is 36.4 Å². The molecule has 0 spiro atoms. The summed E-state index contributed by atoms with van der Waals surface area (Å²) in [6.07, 6.45) is 0.987. The van der Waals surface area contributed by atoms with Crippen molar-refractivity contribution in [3.05, 3.63) is 64.2 Å². The second kappa shape index (κ2) is 12.5. The van der Waals surface area contributed by atoms with Crippen molar-refractivity contribution in [2.75, 3.05) is 6.61 Å². The van der Waals surface area contributed by atoms with E-state index in [-0.39, 0.29) is 18.7 Å². The average molecular weight is 494 g/mol. The summed E-state index contributed by atoms with van der Waals surface area (Å²) in [4.78, 5) is 23.1. The first-order valence-electron chi connectivity index (χ1n) is 12.5. The highest BCUT2D eigenvalue weighted by Gasteiger charge is 2.35. The van der Waals surface area contributed by atoms with Gasteiger partial charge in [0.15, 0.2) is 0 Å². The zero-order valence-corrected chi connectivity index (χ0v) is 21.7. The number of hydrogen-bond donors (Lipinski definition) is 0. The fourth-order valence-electron chi connectivity index (χ4n) is 4.43. The van der Waals surface area contributed by atoms with Crippen LogP contribution in [-0.2, 0) is 36.6 Å². The normalized spacial score (nSPS) is 19.4. The van der Waals surface area contributed by atoms with Crippen LogP contribution in [0.25, 0.3) is 0 Å². The molecule has 0 amide bonds. The Morgan fingerprint density at radius 2 is 1.78 bits per heavy atom. The van der Waals surface area contributed by atoms with Gasteiger partial charge in [-0.1, -0.05) is 31.2 Å². The van der Waals surface area contributed by atoms with Gasteiger partial charge in [0.25, 0.3) is 0 Å². The highest BCUT2D eigenvalue weighted by molar-refractivity contribution is 5.66. The molecule has 0 saturated carbocycles. The number of carbonyl (C=O) groups is 2. The lowest BCUT2D eigenvalue weighted by Gasteiger charge is -2.35. The van der Waals surface area contributed by atoms with E-state index in [0.717, 1.165) is 23.1 Å². The topological polar surface area (TPSA) is 94.8 Å². The van der Waals surface area contributed by atoms with Crippen molar-refractivity contribution in [3.63, 3.8) is 0 Å². The molecular formula is C29H35NO6. The molecule has 0 aromatic heterocycles. The van der Waals surface area contributed by atoms with Gasteiger partial charge >= 0.3 is 11.9 Å². The summed E-state index contributed by atoms with van der Waals surface area (Å²) in [5.41, 5.74) is 4.54. The van der Waals surface area contributed by atoms with Crippen molar-refractivity contribution >= 4 is 11.9 Å². The minimum atomic E-state index is -0.466. The van der Waals surface area contributed by atoms with E-state index < -0.39 is 24.3 Å². The van der Waals surface area contributed by atoms with Crippen LogP contribution in [0, 0.1) is 11.3 Å². The predicted octanol–water partition coefficient (Wildman–Crippen LogP) is 5.21. The first-order chi connectivity index (χ1) is 17.2. The summed E-state index contributed by atoms with van der Waals surface area (Å²) >= 11 is 0. The Hall–Kier alpha value is -3.37. The van der Waals surface area contributed by atoms with Crippen molar-refractivity contribution in [1.29, 1.82) is 5.26 Å². The van der Waals surface area contributed by atoms with Crippen molar-refractivity contribution < 1.29 is 28.5 Å². The number of aryl methyl sites for hydroxylation is 1. The number of benzene rings is 2. The molecule has 0 aliphatic carbocycles. The van der Waals surface area contributed by atoms with Crippen LogP contribution in [0.3, 0.4) is 0 Å². The molecule has 3 atom stereocenters. The number of esters is 2. The Morgan fingerprint density at radius 3 is 2.36 bits per heavy atom. The van der Waals surface area contributed by atoms with Crippen molar-refractivity contribution in [2.24, 2.45) is 0 Å². The van der Waals surface area contributed by atoms with Gasteiger partial charge < -0.3 is 18.9 Å². The van der Waals surface area contributed by atoms with Gasteiger partial charge in [-0.05, 0) is 55.5 Å². The Morgan fingerprint density at radius 1 is 1.08 bits per heavy atom. The number of hydrogen-bond acceptors (Lipinski definition) is 7. The fourth-order valence-corrected chi connectivity index (χ4v) is 4.43. The number of carbonyl (C=O) groups excluding carboxylic acids is 2. The first kappa shape index (κ1) is 27.2. The molecule has 0 bridgehead atoms. The molecule has 36 heavy (non-hydrogen) atoms. The van der Waals surface area contributed by atoms with Gasteiger partial charge in [0.2, 0.25) is 0 Å². The van der Waals surface area contributed by atoms with Gasteiger partial charge in [0.1, 0.15) is 18.5 Å². The third kappa shape index (κ3) is 7.56. The zero-order valence-electron chi connectivity index (χ0n) is 21.7. The summed E-state index contributed by atoms with van der Waals surface area (Å²) in [5, 5.41) is 9.90. The van der Waals surface area contributed by atoms with Crippen LogP contribution in [0.1, 0.15) is 81.4 Å². The van der Waals surface area contributed by atoms with E-state index in [1.54, 1.807) is 6.07 Å². The summed E-state index contributed by atoms with van der Waals surface area (Å²) in [6.45, 7) is 8.75. The average Bonchev–Trinajstić information content (AvgIpc) is 2.83. The Labute approximate surface area is 213 Å². The third-order valence-electron chi connectivity index (χ3n) is 6.06. The number of nitrogens with zero attached hydrogens (tertiary/aromatic N) is 1. The molecule has 0 unspecified atom stereocenters. The lowest BCUT2D eigenvalue weighted by atomic mass is 9.91. The predicted molar refractivity (Wildman–Crippen MR) is 135 cm³/mol. The summed E-state index contributed by atoms with van der Waals surface area (Å²) < 4.78 is 23.2. The molecule has 1 aliphatic rings. The van der Waals surface area contributed by atoms with Crippen molar-refractivity contribution in [2.45, 2.75) is 84.7 Å². The maximum absolute atomic E-state index is 11.7. The lowest BCUT2D eigenvalue weighted by Crippen LogP contribution is -2.37. The molecule has 1 saturated heterocycles. The van der Waals surface area contributed by atoms with E-state index in [0.29, 0.717) is 30.6 Å². The van der Waals surface area contributed by atoms with Crippen LogP contribution in [0.2, 0.25) is 0 Å². The van der Waals surface area contributed by atoms with E-state index in [1.165, 1.54) is 19.4 Å². The van der Waals surface area contributed by atoms with E-state index in [2.05, 4.69) is 37.3 Å². The molecule has 7 nitrogen and oxygen atoms in total. The largest absolute Gasteiger partial charge is 0.491 e. The standard InChI is InChI=1S/C29H35NO6/c1-6-21-7-9-22(10-8-21)11-23-12-27(28(34-18(2)3)13-24(23)16-30)29-15-25(35-20(5)32)14-26(36-29)17-33-19(4)31/h7-10,12-13,18,25-26,29H,6,11,14-15,17H2,1-5H3/t25-,26-,29+/m0/s1. The molecule has 0 radical (unpaired) electrons. The summed E-state index contributed by atoms with van der Waals surface area (Å²) in [5.74, 6) is -0.212. The van der Waals surface area contributed by atoms with Crippen LogP contribution in [0.4, 0.5) is 0 Å². The maximum atomic E-state index is 11.7. The van der Waals surface area contributed by atoms with E-state index in [9.17, 15) is 14.9 Å². The molecule has 3 rings (SSSR count). The smallest absolute Gasteiger partial charge is 0.302 e. The molecule has 1 heterocycles. The Kier molecular flexibility index (Phi) is 9.49. The molecular weight excluding hydrogens is 458 g/mol. The molecule has 1 aliphatic heterocycles. The summed E-state index contributed by atoms with van der Waals surface area (Å²) in [7, 11) is 0. The highest BCUT2D eigenvalue weighted by atomic mass is 16.6. The van der Waals surface area contributed by atoms with Gasteiger partial charge in [-0.2, -0.15) is 5.26 Å². The SMILES string of the molecule is CCc1ccc(Cc2cc([C@H]3C[C@@H](OC(C)=O)C[C@@H](COC(C)=O)O3)c(OC(C)C)cc2C#N)cc1. The minimum Gasteiger partial charge on any atom is -0.491 e. The van der Waals surface area contributed by atoms with Crippen LogP contribution < -0.4 is 4.74 Å². The highest BCUT2D eigenvalue weighted by Crippen LogP contribution is 2.39. The Balaban J connectivity index is 1.99. The van der Waals surface area contributed by atoms with Crippen LogP contribution in [-0.4, -0.2) is 36.9 Å². The molecule has 2 aromatic carbocycles. The van der Waals surface area contributed by atoms with Gasteiger partial charge in [0, 0.05) is 32.3 Å². The molecule has 7 heteroatoms. The molecule has 0 N–H and O–H groups in total. The molecule has 1 fully saturated rings. The first-order valence-corrected chi connectivity index (χ1v) is 12.5. The summed E-state index contributed by atoms with van der Waals surface area (Å²) in [6, 6.07) is 14.4. The number of nitriles is 1. The number of ether oxygens (including phenoxy) is 4. The Bertz CT molecular complexity index is 1100. The molecule has 2 aromatic rings. The number of rotatable bonds is 9. The van der Waals surface area contributed by atoms with E-state index in [1.807, 2.05) is 19.9 Å². The second-order valence-corrected chi connectivity index (χ2v) is 9.42. The van der Waals surface area contributed by atoms with Gasteiger partial charge in [-0.15, -0.1) is 0 Å². The monoisotopic (exact) mass is 493 g/mol. The lowest BCUT2D eigenvalue weighted by molar-refractivity contribution is -0.169. The third-order valence-corrected chi connectivity index (χ3v) is 6.06. The van der Waals surface area contributed by atoms with Crippen LogP contribution >= 0.6 is 0 Å². The second-order valence-electron chi connectivity index (χ2n) is 9.42. The van der Waals surface area contributed by atoms with Crippen molar-refractivity contribution in [3.8, 4) is 11.8 Å². The van der Waals surface area contributed by atoms with Crippen molar-refractivity contribution in [1.82, 2.24) is 0 Å². The van der Waals surface area contributed by atoms with E-state index in [4.69, 9.17) is 18.9 Å². The quantitative estimate of drug-likeness (QED) is 0.442. The fraction of sp³-hybridized carbons (Fsp3) is 0.483. The minimum absolute atomic E-state index is 0.0664. The van der Waals surface area contributed by atoms with E-state index >= 15 is 0 Å². The van der Waals surface area contributed by atoms with Gasteiger partial charge in [-0.25, -0.2) is 0 Å². The van der Waals surface area contributed by atoms with Crippen LogP contribution in [0.5, 0.6) is 5.75 Å². The zero-order chi connectivity index (χ0) is 26.2. The van der Waals surface area contributed by atoms with Gasteiger partial charge in [0.05, 0.1) is 29.9 Å². The maximum Gasteiger partial charge on any atom is 0.302 e. The van der Waals surface area contributed by atoms with Gasteiger partial charge in [-0.3, -0.25) is 9.59 Å².